The van der Waals surface area contributed by atoms with E-state index < -0.39 is 0 Å². The van der Waals surface area contributed by atoms with Gasteiger partial charge < -0.3 is 9.32 Å². The van der Waals surface area contributed by atoms with E-state index in [0.717, 1.165) is 44.6 Å². The van der Waals surface area contributed by atoms with Gasteiger partial charge in [0, 0.05) is 44.2 Å². The van der Waals surface area contributed by atoms with Crippen molar-refractivity contribution in [2.45, 2.75) is 31.6 Å². The number of hydrogen-bond donors (Lipinski definition) is 0. The number of benzene rings is 8. The van der Waals surface area contributed by atoms with E-state index in [-0.39, 0.29) is 10.8 Å². The molecule has 9 aromatic rings. The first-order valence-corrected chi connectivity index (χ1v) is 19.3. The molecule has 0 bridgehead atoms. The van der Waals surface area contributed by atoms with Crippen molar-refractivity contribution in [2.24, 2.45) is 0 Å². The van der Waals surface area contributed by atoms with Crippen LogP contribution in [0.25, 0.3) is 55.3 Å². The van der Waals surface area contributed by atoms with Gasteiger partial charge in [-0.2, -0.15) is 0 Å². The van der Waals surface area contributed by atoms with Crippen LogP contribution in [0.15, 0.2) is 186 Å². The minimum Gasteiger partial charge on any atom is -0.456 e. The molecule has 2 nitrogen and oxygen atoms in total. The SMILES string of the molecule is CC1(C)c2ccccc2-c2ccc(N(c3ccccc3)c3ccc(-c4cccc5oc6c(C7(C)c8ccccc8-c8ccccc87)cccc6c45)cc3)cc21. The minimum atomic E-state index is -0.348. The fourth-order valence-corrected chi connectivity index (χ4v) is 9.87. The Morgan fingerprint density at radius 3 is 1.64 bits per heavy atom. The van der Waals surface area contributed by atoms with E-state index in [2.05, 4.69) is 208 Å². The molecule has 0 atom stereocenters. The van der Waals surface area contributed by atoms with Gasteiger partial charge in [0.05, 0.1) is 0 Å². The minimum absolute atomic E-state index is 0.0813. The molecule has 2 aliphatic rings. The maximum Gasteiger partial charge on any atom is 0.139 e. The van der Waals surface area contributed by atoms with E-state index in [4.69, 9.17) is 4.42 Å². The summed E-state index contributed by atoms with van der Waals surface area (Å²) in [6.07, 6.45) is 0. The Labute approximate surface area is 322 Å². The summed E-state index contributed by atoms with van der Waals surface area (Å²) in [5.41, 5.74) is 19.0. The third-order valence-corrected chi connectivity index (χ3v) is 12.6. The van der Waals surface area contributed by atoms with E-state index in [1.807, 2.05) is 0 Å². The fourth-order valence-electron chi connectivity index (χ4n) is 9.87. The van der Waals surface area contributed by atoms with Gasteiger partial charge in [-0.1, -0.05) is 153 Å². The molecule has 2 aliphatic carbocycles. The molecule has 0 saturated heterocycles. The summed E-state index contributed by atoms with van der Waals surface area (Å²) in [5, 5.41) is 2.29. The van der Waals surface area contributed by atoms with Gasteiger partial charge in [-0.25, -0.2) is 0 Å². The Hall–Kier alpha value is -6.64. The third-order valence-electron chi connectivity index (χ3n) is 12.6. The second kappa shape index (κ2) is 11.7. The Morgan fingerprint density at radius 2 is 0.927 bits per heavy atom. The molecule has 1 heterocycles. The summed E-state index contributed by atoms with van der Waals surface area (Å²) in [6, 6.07) is 66.4. The summed E-state index contributed by atoms with van der Waals surface area (Å²) in [6.45, 7) is 7.05. The van der Waals surface area contributed by atoms with Crippen molar-refractivity contribution in [3.63, 3.8) is 0 Å². The number of rotatable bonds is 5. The van der Waals surface area contributed by atoms with Crippen molar-refractivity contribution in [1.29, 1.82) is 0 Å². The zero-order valence-electron chi connectivity index (χ0n) is 31.2. The number of hydrogen-bond acceptors (Lipinski definition) is 2. The van der Waals surface area contributed by atoms with E-state index in [1.165, 1.54) is 55.6 Å². The van der Waals surface area contributed by atoms with Crippen molar-refractivity contribution in [3.8, 4) is 33.4 Å². The summed E-state index contributed by atoms with van der Waals surface area (Å²) in [7, 11) is 0. The quantitative estimate of drug-likeness (QED) is 0.177. The van der Waals surface area contributed by atoms with Gasteiger partial charge in [-0.05, 0) is 105 Å². The predicted molar refractivity (Wildman–Crippen MR) is 229 cm³/mol. The molecule has 8 aromatic carbocycles. The van der Waals surface area contributed by atoms with E-state index >= 15 is 0 Å². The van der Waals surface area contributed by atoms with Crippen molar-refractivity contribution in [3.05, 3.63) is 210 Å². The highest BCUT2D eigenvalue weighted by molar-refractivity contribution is 6.13. The van der Waals surface area contributed by atoms with Gasteiger partial charge in [0.2, 0.25) is 0 Å². The highest BCUT2D eigenvalue weighted by Gasteiger charge is 2.42. The zero-order chi connectivity index (χ0) is 36.9. The predicted octanol–water partition coefficient (Wildman–Crippen LogP) is 14.4. The van der Waals surface area contributed by atoms with Gasteiger partial charge in [0.1, 0.15) is 11.2 Å². The normalized spacial score (nSPS) is 14.4. The lowest BCUT2D eigenvalue weighted by molar-refractivity contribution is 0.638. The summed E-state index contributed by atoms with van der Waals surface area (Å²) in [4.78, 5) is 2.38. The highest BCUT2D eigenvalue weighted by Crippen LogP contribution is 2.55. The van der Waals surface area contributed by atoms with Crippen LogP contribution in [0.2, 0.25) is 0 Å². The zero-order valence-corrected chi connectivity index (χ0v) is 31.2. The Bertz CT molecular complexity index is 2920. The van der Waals surface area contributed by atoms with Crippen molar-refractivity contribution in [1.82, 2.24) is 0 Å². The Morgan fingerprint density at radius 1 is 0.400 bits per heavy atom. The van der Waals surface area contributed by atoms with Crippen LogP contribution < -0.4 is 4.90 Å². The topological polar surface area (TPSA) is 16.4 Å². The molecule has 0 spiro atoms. The first kappa shape index (κ1) is 31.8. The van der Waals surface area contributed by atoms with Crippen LogP contribution in [0, 0.1) is 0 Å². The lowest BCUT2D eigenvalue weighted by atomic mass is 9.74. The summed E-state index contributed by atoms with van der Waals surface area (Å²) >= 11 is 0. The Kier molecular flexibility index (Phi) is 6.76. The maximum atomic E-state index is 6.90. The lowest BCUT2D eigenvalue weighted by Crippen LogP contribution is -2.22. The third kappa shape index (κ3) is 4.49. The number of nitrogens with zero attached hydrogens (tertiary/aromatic N) is 1. The molecule has 0 N–H and O–H groups in total. The average molecular weight is 706 g/mol. The van der Waals surface area contributed by atoms with Crippen LogP contribution in [-0.2, 0) is 10.8 Å². The molecular weight excluding hydrogens is 667 g/mol. The molecular formula is C53H39NO. The first-order chi connectivity index (χ1) is 26.9. The van der Waals surface area contributed by atoms with E-state index in [1.54, 1.807) is 0 Å². The van der Waals surface area contributed by atoms with Gasteiger partial charge in [-0.3, -0.25) is 0 Å². The molecule has 2 heteroatoms. The van der Waals surface area contributed by atoms with Gasteiger partial charge >= 0.3 is 0 Å². The van der Waals surface area contributed by atoms with Crippen LogP contribution in [0.4, 0.5) is 17.1 Å². The van der Waals surface area contributed by atoms with Crippen LogP contribution >= 0.6 is 0 Å². The number of para-hydroxylation sites is 2. The first-order valence-electron chi connectivity index (χ1n) is 19.3. The van der Waals surface area contributed by atoms with Crippen molar-refractivity contribution >= 4 is 39.0 Å². The Balaban J connectivity index is 1.03. The molecule has 55 heavy (non-hydrogen) atoms. The van der Waals surface area contributed by atoms with Crippen LogP contribution in [0.5, 0.6) is 0 Å². The molecule has 1 aromatic heterocycles. The van der Waals surface area contributed by atoms with E-state index in [0.29, 0.717) is 0 Å². The molecule has 0 amide bonds. The number of anilines is 3. The molecule has 0 radical (unpaired) electrons. The maximum absolute atomic E-state index is 6.90. The molecule has 262 valence electrons. The molecule has 0 aliphatic heterocycles. The summed E-state index contributed by atoms with van der Waals surface area (Å²) < 4.78 is 6.90. The standard InChI is InChI=1S/C53H39NO/c1-52(2)44-22-10-7-17-39(44)42-32-31-37(33-48(42)52)54(35-15-5-4-6-16-35)36-29-27-34(28-30-36)38-20-14-26-49-50(38)43-21-13-25-47(51(43)55-49)53(3)45-23-11-8-18-40(45)41-19-9-12-24-46(41)53/h4-33H,1-3H3. The molecule has 11 rings (SSSR count). The monoisotopic (exact) mass is 705 g/mol. The molecule has 0 unspecified atom stereocenters. The average Bonchev–Trinajstić information content (AvgIpc) is 3.83. The fraction of sp³-hybridized carbons (Fsp3) is 0.0943. The second-order valence-electron chi connectivity index (χ2n) is 15.8. The van der Waals surface area contributed by atoms with Gasteiger partial charge in [0.25, 0.3) is 0 Å². The van der Waals surface area contributed by atoms with Gasteiger partial charge in [-0.15, -0.1) is 0 Å². The van der Waals surface area contributed by atoms with Crippen LogP contribution in [0.3, 0.4) is 0 Å². The summed E-state index contributed by atoms with van der Waals surface area (Å²) in [5.74, 6) is 0. The van der Waals surface area contributed by atoms with E-state index in [9.17, 15) is 0 Å². The largest absolute Gasteiger partial charge is 0.456 e. The molecule has 0 saturated carbocycles. The number of furan rings is 1. The number of fused-ring (bicyclic) bond motifs is 9. The van der Waals surface area contributed by atoms with Crippen LogP contribution in [-0.4, -0.2) is 0 Å². The molecule has 0 fully saturated rings. The van der Waals surface area contributed by atoms with Gasteiger partial charge in [0.15, 0.2) is 0 Å². The lowest BCUT2D eigenvalue weighted by Gasteiger charge is -2.28. The smallest absolute Gasteiger partial charge is 0.139 e. The second-order valence-corrected chi connectivity index (χ2v) is 15.8. The highest BCUT2D eigenvalue weighted by atomic mass is 16.3. The van der Waals surface area contributed by atoms with Crippen molar-refractivity contribution in [2.75, 3.05) is 4.90 Å². The van der Waals surface area contributed by atoms with Crippen LogP contribution in [0.1, 0.15) is 48.6 Å². The van der Waals surface area contributed by atoms with Crippen molar-refractivity contribution < 1.29 is 4.42 Å².